The van der Waals surface area contributed by atoms with Crippen molar-refractivity contribution in [1.82, 2.24) is 0 Å². The van der Waals surface area contributed by atoms with Crippen molar-refractivity contribution in [2.75, 3.05) is 4.90 Å². The maximum atomic E-state index is 2.41. The van der Waals surface area contributed by atoms with E-state index >= 15 is 0 Å². The molecule has 54 heavy (non-hydrogen) atoms. The van der Waals surface area contributed by atoms with Crippen LogP contribution in [0.25, 0.3) is 75.5 Å². The van der Waals surface area contributed by atoms with Crippen molar-refractivity contribution in [3.05, 3.63) is 212 Å². The summed E-state index contributed by atoms with van der Waals surface area (Å²) >= 11 is 1.86. The van der Waals surface area contributed by atoms with E-state index in [1.165, 1.54) is 81.1 Å². The fraction of sp³-hybridized carbons (Fsp3) is 0. The standard InChI is InChI=1S/C52H35NS/c1-3-10-36(11-4-1)38-18-20-39(21-19-38)40-26-30-46(31-27-40)53(50-16-9-15-49-48-14-7-8-17-51(48)54-52(49)50)47-32-28-41(29-33-47)44-25-23-42-22-24-43(34-45(42)35-44)37-12-5-2-6-13-37/h1-35H. The van der Waals surface area contributed by atoms with Gasteiger partial charge in [-0.3, -0.25) is 0 Å². The highest BCUT2D eigenvalue weighted by Gasteiger charge is 2.18. The minimum atomic E-state index is 1.12. The maximum Gasteiger partial charge on any atom is 0.0640 e. The van der Waals surface area contributed by atoms with Gasteiger partial charge in [0.25, 0.3) is 0 Å². The summed E-state index contributed by atoms with van der Waals surface area (Å²) in [6.45, 7) is 0. The number of nitrogens with zero attached hydrogens (tertiary/aromatic N) is 1. The molecule has 0 radical (unpaired) electrons. The molecular formula is C52H35NS. The Morgan fingerprint density at radius 2 is 0.722 bits per heavy atom. The number of thiophene rings is 1. The van der Waals surface area contributed by atoms with Gasteiger partial charge in [0.15, 0.2) is 0 Å². The zero-order valence-electron chi connectivity index (χ0n) is 29.6. The van der Waals surface area contributed by atoms with Crippen LogP contribution in [0.3, 0.4) is 0 Å². The average Bonchev–Trinajstić information content (AvgIpc) is 3.64. The van der Waals surface area contributed by atoms with Crippen LogP contribution < -0.4 is 4.90 Å². The summed E-state index contributed by atoms with van der Waals surface area (Å²) in [7, 11) is 0. The molecule has 0 N–H and O–H groups in total. The van der Waals surface area contributed by atoms with Gasteiger partial charge in [0.05, 0.1) is 10.4 Å². The van der Waals surface area contributed by atoms with Crippen molar-refractivity contribution in [3.63, 3.8) is 0 Å². The Morgan fingerprint density at radius 1 is 0.296 bits per heavy atom. The third-order valence-electron chi connectivity index (χ3n) is 10.5. The minimum absolute atomic E-state index is 1.12. The van der Waals surface area contributed by atoms with Crippen molar-refractivity contribution in [2.45, 2.75) is 0 Å². The second-order valence-electron chi connectivity index (χ2n) is 13.8. The van der Waals surface area contributed by atoms with Gasteiger partial charge in [0.1, 0.15) is 0 Å². The van der Waals surface area contributed by atoms with E-state index < -0.39 is 0 Å². The third kappa shape index (κ3) is 5.93. The van der Waals surface area contributed by atoms with Gasteiger partial charge in [-0.25, -0.2) is 0 Å². The number of anilines is 3. The molecule has 0 amide bonds. The van der Waals surface area contributed by atoms with Crippen LogP contribution in [0.15, 0.2) is 212 Å². The Labute approximate surface area is 319 Å². The predicted molar refractivity (Wildman–Crippen MR) is 233 cm³/mol. The smallest absolute Gasteiger partial charge is 0.0640 e. The fourth-order valence-electron chi connectivity index (χ4n) is 7.66. The molecule has 2 heteroatoms. The maximum absolute atomic E-state index is 2.41. The van der Waals surface area contributed by atoms with Crippen molar-refractivity contribution in [1.29, 1.82) is 0 Å². The van der Waals surface area contributed by atoms with Crippen LogP contribution in [0.1, 0.15) is 0 Å². The van der Waals surface area contributed by atoms with Crippen LogP contribution in [-0.4, -0.2) is 0 Å². The topological polar surface area (TPSA) is 3.24 Å². The van der Waals surface area contributed by atoms with E-state index in [-0.39, 0.29) is 0 Å². The first kappa shape index (κ1) is 32.0. The molecule has 0 unspecified atom stereocenters. The molecule has 9 aromatic carbocycles. The van der Waals surface area contributed by atoms with E-state index in [0.29, 0.717) is 0 Å². The van der Waals surface area contributed by atoms with Crippen molar-refractivity contribution < 1.29 is 0 Å². The lowest BCUT2D eigenvalue weighted by Crippen LogP contribution is -2.10. The van der Waals surface area contributed by atoms with Gasteiger partial charge in [-0.15, -0.1) is 11.3 Å². The Kier molecular flexibility index (Phi) is 8.09. The highest BCUT2D eigenvalue weighted by Crippen LogP contribution is 2.45. The lowest BCUT2D eigenvalue weighted by atomic mass is 9.97. The quantitative estimate of drug-likeness (QED) is 0.160. The number of benzene rings is 9. The van der Waals surface area contributed by atoms with Crippen molar-refractivity contribution in [2.24, 2.45) is 0 Å². The number of hydrogen-bond donors (Lipinski definition) is 0. The molecule has 1 aromatic heterocycles. The van der Waals surface area contributed by atoms with Gasteiger partial charge in [-0.05, 0) is 104 Å². The Morgan fingerprint density at radius 3 is 1.30 bits per heavy atom. The van der Waals surface area contributed by atoms with Crippen LogP contribution in [0, 0.1) is 0 Å². The van der Waals surface area contributed by atoms with Gasteiger partial charge in [-0.1, -0.05) is 164 Å². The fourth-order valence-corrected chi connectivity index (χ4v) is 8.87. The summed E-state index contributed by atoms with van der Waals surface area (Å²) < 4.78 is 2.59. The van der Waals surface area contributed by atoms with Crippen LogP contribution in [0.5, 0.6) is 0 Å². The average molecular weight is 706 g/mol. The van der Waals surface area contributed by atoms with Gasteiger partial charge >= 0.3 is 0 Å². The van der Waals surface area contributed by atoms with E-state index in [0.717, 1.165) is 11.4 Å². The Hall–Kier alpha value is -6.74. The minimum Gasteiger partial charge on any atom is -0.309 e. The molecule has 0 aliphatic carbocycles. The van der Waals surface area contributed by atoms with Crippen LogP contribution >= 0.6 is 11.3 Å². The first-order valence-electron chi connectivity index (χ1n) is 18.4. The lowest BCUT2D eigenvalue weighted by Gasteiger charge is -2.26. The zero-order valence-corrected chi connectivity index (χ0v) is 30.4. The zero-order chi connectivity index (χ0) is 35.8. The first-order chi connectivity index (χ1) is 26.7. The second kappa shape index (κ2) is 13.7. The van der Waals surface area contributed by atoms with E-state index in [2.05, 4.69) is 217 Å². The van der Waals surface area contributed by atoms with Crippen LogP contribution in [0.4, 0.5) is 17.1 Å². The highest BCUT2D eigenvalue weighted by molar-refractivity contribution is 7.26. The molecule has 0 spiro atoms. The first-order valence-corrected chi connectivity index (χ1v) is 19.2. The summed E-state index contributed by atoms with van der Waals surface area (Å²) in [5.41, 5.74) is 13.1. The monoisotopic (exact) mass is 705 g/mol. The molecule has 0 saturated carbocycles. The van der Waals surface area contributed by atoms with Crippen molar-refractivity contribution >= 4 is 59.3 Å². The number of rotatable bonds is 7. The summed E-state index contributed by atoms with van der Waals surface area (Å²) in [5.74, 6) is 0. The van der Waals surface area contributed by atoms with E-state index in [1.54, 1.807) is 0 Å². The molecule has 0 aliphatic rings. The van der Waals surface area contributed by atoms with E-state index in [4.69, 9.17) is 0 Å². The molecule has 0 bridgehead atoms. The van der Waals surface area contributed by atoms with Gasteiger partial charge in [0, 0.05) is 26.8 Å². The number of hydrogen-bond acceptors (Lipinski definition) is 2. The largest absolute Gasteiger partial charge is 0.309 e. The summed E-state index contributed by atoms with van der Waals surface area (Å²) in [5, 5.41) is 5.07. The molecule has 10 rings (SSSR count). The summed E-state index contributed by atoms with van der Waals surface area (Å²) in [4.78, 5) is 2.41. The summed E-state index contributed by atoms with van der Waals surface area (Å²) in [6.07, 6.45) is 0. The molecule has 0 aliphatic heterocycles. The van der Waals surface area contributed by atoms with Gasteiger partial charge < -0.3 is 4.90 Å². The molecule has 1 heterocycles. The molecular weight excluding hydrogens is 671 g/mol. The third-order valence-corrected chi connectivity index (χ3v) is 11.7. The Bertz CT molecular complexity index is 2890. The van der Waals surface area contributed by atoms with E-state index in [9.17, 15) is 0 Å². The normalized spacial score (nSPS) is 11.3. The lowest BCUT2D eigenvalue weighted by molar-refractivity contribution is 1.30. The molecule has 0 fully saturated rings. The van der Waals surface area contributed by atoms with Crippen molar-refractivity contribution in [3.8, 4) is 44.5 Å². The molecule has 254 valence electrons. The second-order valence-corrected chi connectivity index (χ2v) is 14.8. The van der Waals surface area contributed by atoms with Gasteiger partial charge in [-0.2, -0.15) is 0 Å². The molecule has 10 aromatic rings. The van der Waals surface area contributed by atoms with Crippen LogP contribution in [0.2, 0.25) is 0 Å². The van der Waals surface area contributed by atoms with Gasteiger partial charge in [0.2, 0.25) is 0 Å². The molecule has 1 nitrogen and oxygen atoms in total. The number of fused-ring (bicyclic) bond motifs is 4. The van der Waals surface area contributed by atoms with E-state index in [1.807, 2.05) is 11.3 Å². The van der Waals surface area contributed by atoms with Crippen LogP contribution in [-0.2, 0) is 0 Å². The Balaban J connectivity index is 1.03. The molecule has 0 atom stereocenters. The SMILES string of the molecule is c1ccc(-c2ccc(-c3ccc(N(c4ccc(-c5ccc6ccc(-c7ccccc7)cc6c5)cc4)c4cccc5c4sc4ccccc45)cc3)cc2)cc1. The predicted octanol–water partition coefficient (Wildman–Crippen LogP) is 15.3. The highest BCUT2D eigenvalue weighted by atomic mass is 32.1. The molecule has 0 saturated heterocycles. The summed E-state index contributed by atoms with van der Waals surface area (Å²) in [6, 6.07) is 77.1.